The molecule has 0 radical (unpaired) electrons. The van der Waals surface area contributed by atoms with Crippen LogP contribution in [0.4, 0.5) is 4.79 Å². The molecule has 2 amide bonds. The second-order valence-electron chi connectivity index (χ2n) is 9.49. The lowest BCUT2D eigenvalue weighted by Crippen LogP contribution is -2.59. The van der Waals surface area contributed by atoms with E-state index < -0.39 is 29.6 Å². The summed E-state index contributed by atoms with van der Waals surface area (Å²) >= 11 is 0. The van der Waals surface area contributed by atoms with E-state index in [0.717, 1.165) is 28.7 Å². The first-order valence-electron chi connectivity index (χ1n) is 12.0. The molecule has 2 aromatic rings. The SMILES string of the molecule is CCCC(C)(NC(=O)OCC1c2ccccc2-c2ccccc21)C(=O)NC1CCCC1C(=O)O. The highest BCUT2D eigenvalue weighted by Gasteiger charge is 2.40. The molecule has 4 rings (SSSR count). The number of ether oxygens (including phenoxy) is 1. The molecule has 1 fully saturated rings. The Kier molecular flexibility index (Phi) is 6.91. The third-order valence-corrected chi connectivity index (χ3v) is 7.12. The maximum Gasteiger partial charge on any atom is 0.408 e. The van der Waals surface area contributed by atoms with Gasteiger partial charge in [-0.15, -0.1) is 0 Å². The van der Waals surface area contributed by atoms with E-state index in [1.165, 1.54) is 0 Å². The van der Waals surface area contributed by atoms with Crippen LogP contribution in [0.1, 0.15) is 63.0 Å². The van der Waals surface area contributed by atoms with E-state index in [1.54, 1.807) is 6.92 Å². The van der Waals surface area contributed by atoms with Gasteiger partial charge in [-0.05, 0) is 48.4 Å². The maximum atomic E-state index is 13.1. The van der Waals surface area contributed by atoms with Crippen molar-refractivity contribution in [2.75, 3.05) is 6.61 Å². The number of carboxylic acids is 1. The second kappa shape index (κ2) is 9.87. The minimum atomic E-state index is -1.19. The summed E-state index contributed by atoms with van der Waals surface area (Å²) in [7, 11) is 0. The molecule has 2 aliphatic carbocycles. The topological polar surface area (TPSA) is 105 Å². The van der Waals surface area contributed by atoms with Gasteiger partial charge in [0.15, 0.2) is 0 Å². The molecular formula is C27H32N2O5. The highest BCUT2D eigenvalue weighted by molar-refractivity contribution is 5.90. The van der Waals surface area contributed by atoms with Crippen molar-refractivity contribution in [2.24, 2.45) is 5.92 Å². The number of rotatable bonds is 8. The van der Waals surface area contributed by atoms with Crippen molar-refractivity contribution in [1.29, 1.82) is 0 Å². The van der Waals surface area contributed by atoms with Gasteiger partial charge in [0, 0.05) is 12.0 Å². The van der Waals surface area contributed by atoms with E-state index in [1.807, 2.05) is 31.2 Å². The average molecular weight is 465 g/mol. The highest BCUT2D eigenvalue weighted by Crippen LogP contribution is 2.44. The summed E-state index contributed by atoms with van der Waals surface area (Å²) in [6.45, 7) is 3.76. The van der Waals surface area contributed by atoms with Gasteiger partial charge in [0.05, 0.1) is 5.92 Å². The Bertz CT molecular complexity index is 1040. The summed E-state index contributed by atoms with van der Waals surface area (Å²) in [6.07, 6.45) is 2.34. The fourth-order valence-corrected chi connectivity index (χ4v) is 5.35. The molecule has 7 nitrogen and oxygen atoms in total. The van der Waals surface area contributed by atoms with Gasteiger partial charge < -0.3 is 20.5 Å². The van der Waals surface area contributed by atoms with Crippen LogP contribution in [0.3, 0.4) is 0 Å². The van der Waals surface area contributed by atoms with E-state index in [9.17, 15) is 19.5 Å². The van der Waals surface area contributed by atoms with E-state index in [2.05, 4.69) is 34.9 Å². The molecule has 3 atom stereocenters. The van der Waals surface area contributed by atoms with E-state index >= 15 is 0 Å². The first kappa shape index (κ1) is 23.8. The zero-order chi connectivity index (χ0) is 24.3. The van der Waals surface area contributed by atoms with Gasteiger partial charge >= 0.3 is 12.1 Å². The molecule has 1 saturated carbocycles. The Morgan fingerprint density at radius 2 is 1.65 bits per heavy atom. The minimum absolute atomic E-state index is 0.0702. The van der Waals surface area contributed by atoms with Gasteiger partial charge in [0.1, 0.15) is 12.1 Å². The number of carboxylic acid groups (broad SMARTS) is 1. The maximum absolute atomic E-state index is 13.1. The lowest BCUT2D eigenvalue weighted by atomic mass is 9.93. The van der Waals surface area contributed by atoms with E-state index in [0.29, 0.717) is 25.7 Å². The van der Waals surface area contributed by atoms with Crippen LogP contribution in [-0.2, 0) is 14.3 Å². The number of carbonyl (C=O) groups excluding carboxylic acids is 2. The van der Waals surface area contributed by atoms with Crippen LogP contribution in [0.2, 0.25) is 0 Å². The highest BCUT2D eigenvalue weighted by atomic mass is 16.5. The fourth-order valence-electron chi connectivity index (χ4n) is 5.35. The van der Waals surface area contributed by atoms with Gasteiger partial charge in [-0.1, -0.05) is 68.3 Å². The quantitative estimate of drug-likeness (QED) is 0.535. The van der Waals surface area contributed by atoms with Crippen LogP contribution in [0, 0.1) is 5.92 Å². The second-order valence-corrected chi connectivity index (χ2v) is 9.49. The Morgan fingerprint density at radius 3 is 2.24 bits per heavy atom. The monoisotopic (exact) mass is 464 g/mol. The van der Waals surface area contributed by atoms with Crippen molar-refractivity contribution in [1.82, 2.24) is 10.6 Å². The first-order valence-corrected chi connectivity index (χ1v) is 12.0. The number of hydrogen-bond donors (Lipinski definition) is 3. The summed E-state index contributed by atoms with van der Waals surface area (Å²) in [5.74, 6) is -1.94. The normalized spacial score (nSPS) is 20.6. The molecule has 2 aliphatic rings. The Morgan fingerprint density at radius 1 is 1.03 bits per heavy atom. The van der Waals surface area contributed by atoms with E-state index in [4.69, 9.17) is 4.74 Å². The van der Waals surface area contributed by atoms with Crippen molar-refractivity contribution in [2.45, 2.75) is 63.5 Å². The van der Waals surface area contributed by atoms with Crippen molar-refractivity contribution in [3.63, 3.8) is 0 Å². The molecule has 0 aromatic heterocycles. The number of alkyl carbamates (subject to hydrolysis) is 1. The van der Waals surface area contributed by atoms with Crippen LogP contribution < -0.4 is 10.6 Å². The fraction of sp³-hybridized carbons (Fsp3) is 0.444. The lowest BCUT2D eigenvalue weighted by molar-refractivity contribution is -0.142. The number of hydrogen-bond acceptors (Lipinski definition) is 4. The molecule has 0 spiro atoms. The van der Waals surface area contributed by atoms with Crippen molar-refractivity contribution >= 4 is 18.0 Å². The van der Waals surface area contributed by atoms with Crippen LogP contribution in [0.15, 0.2) is 48.5 Å². The number of carbonyl (C=O) groups is 3. The molecule has 180 valence electrons. The molecule has 3 unspecified atom stereocenters. The van der Waals surface area contributed by atoms with E-state index in [-0.39, 0.29) is 18.4 Å². The number of fused-ring (bicyclic) bond motifs is 3. The summed E-state index contributed by atoms with van der Waals surface area (Å²) in [5, 5.41) is 15.1. The number of amides is 2. The lowest BCUT2D eigenvalue weighted by Gasteiger charge is -2.31. The van der Waals surface area contributed by atoms with Gasteiger partial charge in [-0.3, -0.25) is 9.59 Å². The molecule has 2 aromatic carbocycles. The summed E-state index contributed by atoms with van der Waals surface area (Å²) in [4.78, 5) is 37.4. The molecule has 0 saturated heterocycles. The van der Waals surface area contributed by atoms with Crippen molar-refractivity contribution < 1.29 is 24.2 Å². The molecule has 0 bridgehead atoms. The predicted molar refractivity (Wildman–Crippen MR) is 128 cm³/mol. The van der Waals surface area contributed by atoms with Crippen LogP contribution >= 0.6 is 0 Å². The number of aliphatic carboxylic acids is 1. The Hall–Kier alpha value is -3.35. The third-order valence-electron chi connectivity index (χ3n) is 7.12. The predicted octanol–water partition coefficient (Wildman–Crippen LogP) is 4.45. The summed E-state index contributed by atoms with van der Waals surface area (Å²) in [5.41, 5.74) is 3.33. The zero-order valence-corrected chi connectivity index (χ0v) is 19.7. The molecular weight excluding hydrogens is 432 g/mol. The number of benzene rings is 2. The Labute approximate surface area is 199 Å². The van der Waals surface area contributed by atoms with Gasteiger partial charge in [-0.25, -0.2) is 4.79 Å². The smallest absolute Gasteiger partial charge is 0.408 e. The number of nitrogens with one attached hydrogen (secondary N) is 2. The molecule has 0 heterocycles. The van der Waals surface area contributed by atoms with Gasteiger partial charge in [-0.2, -0.15) is 0 Å². The molecule has 7 heteroatoms. The molecule has 34 heavy (non-hydrogen) atoms. The van der Waals surface area contributed by atoms with Crippen LogP contribution in [0.5, 0.6) is 0 Å². The van der Waals surface area contributed by atoms with Crippen molar-refractivity contribution in [3.8, 4) is 11.1 Å². The van der Waals surface area contributed by atoms with Gasteiger partial charge in [0.2, 0.25) is 5.91 Å². The molecule has 0 aliphatic heterocycles. The summed E-state index contributed by atoms with van der Waals surface area (Å²) < 4.78 is 5.64. The average Bonchev–Trinajstić information content (AvgIpc) is 3.40. The zero-order valence-electron chi connectivity index (χ0n) is 19.7. The third kappa shape index (κ3) is 4.65. The summed E-state index contributed by atoms with van der Waals surface area (Å²) in [6, 6.07) is 15.8. The van der Waals surface area contributed by atoms with Crippen molar-refractivity contribution in [3.05, 3.63) is 59.7 Å². The minimum Gasteiger partial charge on any atom is -0.481 e. The van der Waals surface area contributed by atoms with Crippen LogP contribution in [-0.4, -0.2) is 41.3 Å². The van der Waals surface area contributed by atoms with Gasteiger partial charge in [0.25, 0.3) is 0 Å². The largest absolute Gasteiger partial charge is 0.481 e. The first-order chi connectivity index (χ1) is 16.3. The van der Waals surface area contributed by atoms with Crippen LogP contribution in [0.25, 0.3) is 11.1 Å². The molecule has 3 N–H and O–H groups in total. The standard InChI is InChI=1S/C27H32N2O5/c1-3-15-27(2,25(32)28-23-14-8-13-21(23)24(30)31)29-26(33)34-16-22-19-11-6-4-9-17(19)18-10-5-7-12-20(18)22/h4-7,9-12,21-23H,3,8,13-16H2,1-2H3,(H,28,32)(H,29,33)(H,30,31). The Balaban J connectivity index is 1.42.